The van der Waals surface area contributed by atoms with Crippen molar-refractivity contribution in [2.24, 2.45) is 0 Å². The minimum Gasteiger partial charge on any atom is -0.367 e. The summed E-state index contributed by atoms with van der Waals surface area (Å²) >= 11 is 0. The highest BCUT2D eigenvalue weighted by Gasteiger charge is 2.21. The number of nitrogens with one attached hydrogen (secondary N) is 2. The largest absolute Gasteiger partial charge is 0.367 e. The molecule has 1 aliphatic carbocycles. The molecule has 1 aliphatic heterocycles. The summed E-state index contributed by atoms with van der Waals surface area (Å²) in [5, 5.41) is 6.57. The van der Waals surface area contributed by atoms with Gasteiger partial charge in [0.1, 0.15) is 5.82 Å². The summed E-state index contributed by atoms with van der Waals surface area (Å²) in [4.78, 5) is 22.0. The van der Waals surface area contributed by atoms with Crippen molar-refractivity contribution in [2.45, 2.75) is 38.1 Å². The van der Waals surface area contributed by atoms with E-state index >= 15 is 0 Å². The third kappa shape index (κ3) is 3.59. The molecule has 108 valence electrons. The van der Waals surface area contributed by atoms with E-state index in [2.05, 4.69) is 20.6 Å². The number of hydrogen-bond acceptors (Lipinski definition) is 5. The Bertz CT molecular complexity index is 474. The topological polar surface area (TPSA) is 70.2 Å². The molecule has 0 aromatic carbocycles. The molecule has 2 fully saturated rings. The van der Waals surface area contributed by atoms with Crippen LogP contribution in [0.25, 0.3) is 0 Å². The van der Waals surface area contributed by atoms with Crippen LogP contribution in [0.15, 0.2) is 12.3 Å². The molecule has 0 spiro atoms. The maximum absolute atomic E-state index is 11.5. The van der Waals surface area contributed by atoms with Gasteiger partial charge in [0.05, 0.1) is 0 Å². The van der Waals surface area contributed by atoms with Gasteiger partial charge in [-0.2, -0.15) is 4.98 Å². The quantitative estimate of drug-likeness (QED) is 0.738. The lowest BCUT2D eigenvalue weighted by atomic mass is 10.4. The number of rotatable bonds is 7. The van der Waals surface area contributed by atoms with Gasteiger partial charge in [-0.1, -0.05) is 0 Å². The molecule has 1 aromatic heterocycles. The molecule has 2 N–H and O–H groups in total. The van der Waals surface area contributed by atoms with Gasteiger partial charge >= 0.3 is 0 Å². The molecular formula is C14H21N5O. The fraction of sp³-hybridized carbons (Fsp3) is 0.643. The summed E-state index contributed by atoms with van der Waals surface area (Å²) in [6.45, 7) is 2.53. The molecule has 1 aromatic rings. The third-order valence-corrected chi connectivity index (χ3v) is 3.64. The number of carbonyl (C=O) groups is 1. The van der Waals surface area contributed by atoms with Gasteiger partial charge in [-0.3, -0.25) is 4.79 Å². The minimum atomic E-state index is 0.289. The van der Waals surface area contributed by atoms with Crippen LogP contribution in [-0.4, -0.2) is 46.5 Å². The smallest absolute Gasteiger partial charge is 0.224 e. The van der Waals surface area contributed by atoms with Crippen molar-refractivity contribution < 1.29 is 4.79 Å². The van der Waals surface area contributed by atoms with Crippen LogP contribution < -0.4 is 10.6 Å². The van der Waals surface area contributed by atoms with Gasteiger partial charge in [0.2, 0.25) is 11.9 Å². The molecule has 2 aliphatic rings. The molecule has 2 heterocycles. The Hall–Kier alpha value is -1.85. The van der Waals surface area contributed by atoms with Crippen LogP contribution in [-0.2, 0) is 4.79 Å². The van der Waals surface area contributed by atoms with Crippen LogP contribution in [0.3, 0.4) is 0 Å². The van der Waals surface area contributed by atoms with Gasteiger partial charge < -0.3 is 15.5 Å². The predicted octanol–water partition coefficient (Wildman–Crippen LogP) is 1.48. The number of likely N-dealkylation sites (tertiary alicyclic amines) is 1. The van der Waals surface area contributed by atoms with Crippen molar-refractivity contribution in [1.82, 2.24) is 14.9 Å². The molecule has 3 rings (SSSR count). The van der Waals surface area contributed by atoms with Gasteiger partial charge in [-0.15, -0.1) is 0 Å². The van der Waals surface area contributed by atoms with Crippen LogP contribution in [0.2, 0.25) is 0 Å². The Balaban J connectivity index is 1.40. The fourth-order valence-electron chi connectivity index (χ4n) is 2.37. The predicted molar refractivity (Wildman–Crippen MR) is 77.6 cm³/mol. The Morgan fingerprint density at radius 1 is 1.40 bits per heavy atom. The van der Waals surface area contributed by atoms with Gasteiger partial charge in [0.25, 0.3) is 0 Å². The molecule has 6 nitrogen and oxygen atoms in total. The summed E-state index contributed by atoms with van der Waals surface area (Å²) in [5.74, 6) is 1.83. The lowest BCUT2D eigenvalue weighted by Crippen LogP contribution is -2.27. The summed E-state index contributed by atoms with van der Waals surface area (Å²) < 4.78 is 0. The number of hydrogen-bond donors (Lipinski definition) is 2. The number of carbonyl (C=O) groups excluding carboxylic acids is 1. The van der Waals surface area contributed by atoms with Gasteiger partial charge in [0.15, 0.2) is 0 Å². The fourth-order valence-corrected chi connectivity index (χ4v) is 2.37. The first-order valence-electron chi connectivity index (χ1n) is 7.42. The maximum atomic E-state index is 11.5. The van der Waals surface area contributed by atoms with Crippen LogP contribution >= 0.6 is 0 Å². The first-order valence-corrected chi connectivity index (χ1v) is 7.42. The lowest BCUT2D eigenvalue weighted by molar-refractivity contribution is -0.127. The number of amides is 1. The molecule has 6 heteroatoms. The van der Waals surface area contributed by atoms with Crippen molar-refractivity contribution in [2.75, 3.05) is 30.3 Å². The molecule has 0 atom stereocenters. The number of nitrogens with zero attached hydrogens (tertiary/aromatic N) is 3. The monoisotopic (exact) mass is 275 g/mol. The van der Waals surface area contributed by atoms with Crippen molar-refractivity contribution in [3.8, 4) is 0 Å². The third-order valence-electron chi connectivity index (χ3n) is 3.64. The van der Waals surface area contributed by atoms with Gasteiger partial charge in [-0.05, 0) is 31.7 Å². The Morgan fingerprint density at radius 3 is 3.05 bits per heavy atom. The molecular weight excluding hydrogens is 254 g/mol. The second-order valence-electron chi connectivity index (χ2n) is 5.45. The molecule has 0 unspecified atom stereocenters. The maximum Gasteiger partial charge on any atom is 0.224 e. The zero-order valence-electron chi connectivity index (χ0n) is 11.6. The van der Waals surface area contributed by atoms with Crippen molar-refractivity contribution in [1.29, 1.82) is 0 Å². The van der Waals surface area contributed by atoms with Crippen LogP contribution in [0, 0.1) is 0 Å². The Labute approximate surface area is 119 Å². The average molecular weight is 275 g/mol. The van der Waals surface area contributed by atoms with Gasteiger partial charge in [-0.25, -0.2) is 4.98 Å². The zero-order chi connectivity index (χ0) is 13.8. The van der Waals surface area contributed by atoms with E-state index in [0.717, 1.165) is 38.3 Å². The Morgan fingerprint density at radius 2 is 2.30 bits per heavy atom. The SMILES string of the molecule is O=C1CCCN1CCCNc1nccc(NC2CC2)n1. The molecule has 20 heavy (non-hydrogen) atoms. The van der Waals surface area contributed by atoms with Crippen molar-refractivity contribution in [3.05, 3.63) is 12.3 Å². The number of aromatic nitrogens is 2. The van der Waals surface area contributed by atoms with E-state index in [1.165, 1.54) is 12.8 Å². The standard InChI is InChI=1S/C14H21N5O/c20-13-3-1-9-19(13)10-2-7-15-14-16-8-6-12(18-14)17-11-4-5-11/h6,8,11H,1-5,7,9-10H2,(H2,15,16,17,18). The average Bonchev–Trinajstić information content (AvgIpc) is 3.17. The van der Waals surface area contributed by atoms with Crippen molar-refractivity contribution >= 4 is 17.7 Å². The second-order valence-corrected chi connectivity index (χ2v) is 5.45. The minimum absolute atomic E-state index is 0.289. The molecule has 0 radical (unpaired) electrons. The summed E-state index contributed by atoms with van der Waals surface area (Å²) in [6, 6.07) is 2.49. The summed E-state index contributed by atoms with van der Waals surface area (Å²) in [7, 11) is 0. The van der Waals surface area contributed by atoms with Gasteiger partial charge in [0, 0.05) is 38.3 Å². The normalized spacial score (nSPS) is 18.4. The summed E-state index contributed by atoms with van der Waals surface area (Å²) in [6.07, 6.45) is 6.88. The first kappa shape index (κ1) is 13.1. The molecule has 1 saturated carbocycles. The lowest BCUT2D eigenvalue weighted by Gasteiger charge is -2.15. The van der Waals surface area contributed by atoms with E-state index in [4.69, 9.17) is 0 Å². The highest BCUT2D eigenvalue weighted by atomic mass is 16.2. The zero-order valence-corrected chi connectivity index (χ0v) is 11.6. The van der Waals surface area contributed by atoms with E-state index in [1.54, 1.807) is 6.20 Å². The van der Waals surface area contributed by atoms with Crippen LogP contribution in [0.1, 0.15) is 32.1 Å². The van der Waals surface area contributed by atoms with E-state index < -0.39 is 0 Å². The van der Waals surface area contributed by atoms with E-state index in [-0.39, 0.29) is 5.91 Å². The molecule has 1 saturated heterocycles. The van der Waals surface area contributed by atoms with E-state index in [0.29, 0.717) is 18.4 Å². The van der Waals surface area contributed by atoms with E-state index in [9.17, 15) is 4.79 Å². The van der Waals surface area contributed by atoms with Crippen LogP contribution in [0.5, 0.6) is 0 Å². The highest BCUT2D eigenvalue weighted by Crippen LogP contribution is 2.23. The highest BCUT2D eigenvalue weighted by molar-refractivity contribution is 5.77. The number of anilines is 2. The Kier molecular flexibility index (Phi) is 3.99. The summed E-state index contributed by atoms with van der Waals surface area (Å²) in [5.41, 5.74) is 0. The second kappa shape index (κ2) is 6.07. The first-order chi connectivity index (χ1) is 9.81. The molecule has 0 bridgehead atoms. The molecule has 1 amide bonds. The van der Waals surface area contributed by atoms with E-state index in [1.807, 2.05) is 11.0 Å². The van der Waals surface area contributed by atoms with Crippen LogP contribution in [0.4, 0.5) is 11.8 Å². The van der Waals surface area contributed by atoms with Crippen molar-refractivity contribution in [3.63, 3.8) is 0 Å².